The molecule has 5 rings (SSSR count). The number of fused-ring (bicyclic) bond motifs is 1. The van der Waals surface area contributed by atoms with E-state index < -0.39 is 5.92 Å². The topological polar surface area (TPSA) is 82.2 Å². The number of carbonyl (C=O) groups excluding carboxylic acids is 1. The zero-order valence-electron chi connectivity index (χ0n) is 17.6. The fraction of sp³-hybridized carbons (Fsp3) is 0.0357. The molecule has 5 nitrogen and oxygen atoms in total. The first-order chi connectivity index (χ1) is 16.1. The minimum atomic E-state index is -0.432. The van der Waals surface area contributed by atoms with E-state index in [2.05, 4.69) is 4.99 Å². The predicted octanol–water partition coefficient (Wildman–Crippen LogP) is 5.95. The minimum absolute atomic E-state index is 0.00566. The van der Waals surface area contributed by atoms with E-state index >= 15 is 0 Å². The second-order valence-corrected chi connectivity index (χ2v) is 7.77. The molecule has 0 fully saturated rings. The van der Waals surface area contributed by atoms with Crippen molar-refractivity contribution < 1.29 is 15.0 Å². The van der Waals surface area contributed by atoms with Crippen LogP contribution in [0.2, 0.25) is 0 Å². The number of phenols is 2. The predicted molar refractivity (Wildman–Crippen MR) is 130 cm³/mol. The highest BCUT2D eigenvalue weighted by Crippen LogP contribution is 2.36. The SMILES string of the molecule is O=C1c2ccccc2C(=Nc2ccc(N=Cc3ccc(O)cc3O)cc2)C1c1ccccc1. The van der Waals surface area contributed by atoms with Crippen LogP contribution in [0, 0.1) is 0 Å². The standard InChI is InChI=1S/C28H20N2O3/c31-22-15-10-19(25(32)16-22)17-29-20-11-13-21(14-12-20)30-27-23-8-4-5-9-24(23)28(33)26(27)18-6-2-1-3-7-18/h1-17,26,31-32H. The Morgan fingerprint density at radius 1 is 0.727 bits per heavy atom. The van der Waals surface area contributed by atoms with Crippen molar-refractivity contribution in [1.82, 2.24) is 0 Å². The summed E-state index contributed by atoms with van der Waals surface area (Å²) < 4.78 is 0. The Morgan fingerprint density at radius 2 is 1.39 bits per heavy atom. The third kappa shape index (κ3) is 4.04. The number of benzene rings is 4. The first-order valence-electron chi connectivity index (χ1n) is 10.5. The quantitative estimate of drug-likeness (QED) is 0.391. The van der Waals surface area contributed by atoms with Gasteiger partial charge in [-0.3, -0.25) is 14.8 Å². The second-order valence-electron chi connectivity index (χ2n) is 7.77. The fourth-order valence-electron chi connectivity index (χ4n) is 3.97. The van der Waals surface area contributed by atoms with Gasteiger partial charge in [-0.2, -0.15) is 0 Å². The van der Waals surface area contributed by atoms with Crippen molar-refractivity contribution in [2.24, 2.45) is 9.98 Å². The average Bonchev–Trinajstić information content (AvgIpc) is 3.11. The molecule has 0 saturated heterocycles. The van der Waals surface area contributed by atoms with E-state index in [1.165, 1.54) is 18.3 Å². The van der Waals surface area contributed by atoms with Crippen molar-refractivity contribution in [2.45, 2.75) is 5.92 Å². The fourth-order valence-corrected chi connectivity index (χ4v) is 3.97. The minimum Gasteiger partial charge on any atom is -0.508 e. The number of aliphatic imine (C=N–C) groups is 2. The van der Waals surface area contributed by atoms with Crippen LogP contribution in [0.25, 0.3) is 0 Å². The molecule has 0 heterocycles. The van der Waals surface area contributed by atoms with Gasteiger partial charge in [-0.05, 0) is 42.0 Å². The van der Waals surface area contributed by atoms with Crippen LogP contribution < -0.4 is 0 Å². The lowest BCUT2D eigenvalue weighted by Crippen LogP contribution is -2.13. The molecule has 33 heavy (non-hydrogen) atoms. The Balaban J connectivity index is 1.47. The Bertz CT molecular complexity index is 1390. The molecular formula is C28H20N2O3. The Hall–Kier alpha value is -4.51. The lowest BCUT2D eigenvalue weighted by atomic mass is 9.93. The summed E-state index contributed by atoms with van der Waals surface area (Å²) in [7, 11) is 0. The van der Waals surface area contributed by atoms with Crippen molar-refractivity contribution in [3.63, 3.8) is 0 Å². The zero-order chi connectivity index (χ0) is 22.8. The molecule has 0 aliphatic heterocycles. The lowest BCUT2D eigenvalue weighted by molar-refractivity contribution is 0.0988. The first kappa shape index (κ1) is 20.4. The van der Waals surface area contributed by atoms with Gasteiger partial charge < -0.3 is 10.2 Å². The summed E-state index contributed by atoms with van der Waals surface area (Å²) in [6.45, 7) is 0. The van der Waals surface area contributed by atoms with Crippen LogP contribution in [0.15, 0.2) is 107 Å². The van der Waals surface area contributed by atoms with Crippen molar-refractivity contribution in [1.29, 1.82) is 0 Å². The molecule has 0 radical (unpaired) electrons. The van der Waals surface area contributed by atoms with Gasteiger partial charge in [0.2, 0.25) is 0 Å². The van der Waals surface area contributed by atoms with E-state index in [-0.39, 0.29) is 17.3 Å². The molecule has 0 amide bonds. The molecule has 5 heteroatoms. The largest absolute Gasteiger partial charge is 0.508 e. The number of rotatable bonds is 4. The van der Waals surface area contributed by atoms with Crippen LogP contribution in [-0.4, -0.2) is 27.9 Å². The Kier molecular flexibility index (Phi) is 5.29. The molecule has 1 atom stereocenters. The Morgan fingerprint density at radius 3 is 2.12 bits per heavy atom. The Labute approximate surface area is 191 Å². The number of nitrogens with zero attached hydrogens (tertiary/aromatic N) is 2. The molecular weight excluding hydrogens is 412 g/mol. The summed E-state index contributed by atoms with van der Waals surface area (Å²) in [4.78, 5) is 22.4. The highest BCUT2D eigenvalue weighted by molar-refractivity contribution is 6.32. The van der Waals surface area contributed by atoms with Crippen molar-refractivity contribution in [3.05, 3.63) is 119 Å². The molecule has 160 valence electrons. The third-order valence-corrected chi connectivity index (χ3v) is 5.60. The molecule has 4 aromatic rings. The summed E-state index contributed by atoms with van der Waals surface area (Å²) in [5.41, 5.74) is 5.14. The van der Waals surface area contributed by atoms with Crippen molar-refractivity contribution >= 4 is 29.1 Å². The molecule has 1 aliphatic carbocycles. The molecule has 1 aliphatic rings. The van der Waals surface area contributed by atoms with Gasteiger partial charge in [0.05, 0.1) is 23.0 Å². The first-order valence-corrected chi connectivity index (χ1v) is 10.5. The van der Waals surface area contributed by atoms with E-state index in [4.69, 9.17) is 4.99 Å². The average molecular weight is 432 g/mol. The smallest absolute Gasteiger partial charge is 0.176 e. The molecule has 0 spiro atoms. The summed E-state index contributed by atoms with van der Waals surface area (Å²) >= 11 is 0. The maximum Gasteiger partial charge on any atom is 0.176 e. The van der Waals surface area contributed by atoms with Crippen LogP contribution in [0.3, 0.4) is 0 Å². The summed E-state index contributed by atoms with van der Waals surface area (Å²) in [6.07, 6.45) is 1.53. The number of hydrogen-bond acceptors (Lipinski definition) is 5. The van der Waals surface area contributed by atoms with E-state index in [9.17, 15) is 15.0 Å². The number of ketones is 1. The normalized spacial score (nSPS) is 16.4. The number of aromatic hydroxyl groups is 2. The zero-order valence-corrected chi connectivity index (χ0v) is 17.6. The van der Waals surface area contributed by atoms with Crippen molar-refractivity contribution in [3.8, 4) is 11.5 Å². The van der Waals surface area contributed by atoms with Crippen LogP contribution in [-0.2, 0) is 0 Å². The number of carbonyl (C=O) groups is 1. The van der Waals surface area contributed by atoms with Gasteiger partial charge in [0.1, 0.15) is 11.5 Å². The molecule has 0 saturated carbocycles. The van der Waals surface area contributed by atoms with Gasteiger partial charge >= 0.3 is 0 Å². The highest BCUT2D eigenvalue weighted by Gasteiger charge is 2.37. The van der Waals surface area contributed by atoms with Gasteiger partial charge in [-0.15, -0.1) is 0 Å². The van der Waals surface area contributed by atoms with E-state index in [0.717, 1.165) is 22.5 Å². The molecule has 4 aromatic carbocycles. The van der Waals surface area contributed by atoms with E-state index in [1.807, 2.05) is 78.9 Å². The van der Waals surface area contributed by atoms with Gasteiger partial charge in [-0.25, -0.2) is 0 Å². The third-order valence-electron chi connectivity index (χ3n) is 5.60. The molecule has 2 N–H and O–H groups in total. The maximum absolute atomic E-state index is 13.2. The van der Waals surface area contributed by atoms with E-state index in [1.54, 1.807) is 6.07 Å². The molecule has 0 bridgehead atoms. The lowest BCUT2D eigenvalue weighted by Gasteiger charge is -2.11. The van der Waals surface area contributed by atoms with Crippen LogP contribution in [0.1, 0.15) is 33.0 Å². The summed E-state index contributed by atoms with van der Waals surface area (Å²) in [5, 5.41) is 19.3. The molecule has 0 aromatic heterocycles. The second kappa shape index (κ2) is 8.55. The molecule has 1 unspecified atom stereocenters. The summed E-state index contributed by atoms with van der Waals surface area (Å²) in [5.74, 6) is -0.420. The van der Waals surface area contributed by atoms with Gasteiger partial charge in [0.25, 0.3) is 0 Å². The number of Topliss-reactive ketones (excluding diaryl/α,β-unsaturated/α-hetero) is 1. The summed E-state index contributed by atoms with van der Waals surface area (Å²) in [6, 6.07) is 29.0. The number of hydrogen-bond donors (Lipinski definition) is 2. The van der Waals surface area contributed by atoms with Crippen LogP contribution in [0.5, 0.6) is 11.5 Å². The number of phenolic OH excluding ortho intramolecular Hbond substituents is 2. The van der Waals surface area contributed by atoms with Gasteiger partial charge in [-0.1, -0.05) is 54.6 Å². The van der Waals surface area contributed by atoms with Crippen molar-refractivity contribution in [2.75, 3.05) is 0 Å². The van der Waals surface area contributed by atoms with Gasteiger partial charge in [0, 0.05) is 29.0 Å². The van der Waals surface area contributed by atoms with E-state index in [0.29, 0.717) is 16.8 Å². The maximum atomic E-state index is 13.2. The van der Waals surface area contributed by atoms with Crippen LogP contribution in [0.4, 0.5) is 11.4 Å². The van der Waals surface area contributed by atoms with Gasteiger partial charge in [0.15, 0.2) is 5.78 Å². The monoisotopic (exact) mass is 432 g/mol. The highest BCUT2D eigenvalue weighted by atomic mass is 16.3. The van der Waals surface area contributed by atoms with Crippen LogP contribution >= 0.6 is 0 Å².